The molecule has 1 amide bonds. The van der Waals surface area contributed by atoms with Gasteiger partial charge in [0.05, 0.1) is 23.2 Å². The van der Waals surface area contributed by atoms with E-state index in [9.17, 15) is 4.79 Å². The van der Waals surface area contributed by atoms with Gasteiger partial charge < -0.3 is 9.64 Å². The van der Waals surface area contributed by atoms with Crippen LogP contribution in [0.15, 0.2) is 18.3 Å². The van der Waals surface area contributed by atoms with Crippen LogP contribution < -0.4 is 0 Å². The Kier molecular flexibility index (Phi) is 4.73. The fraction of sp³-hybridized carbons (Fsp3) is 0.600. The molecule has 0 bridgehead atoms. The summed E-state index contributed by atoms with van der Waals surface area (Å²) >= 11 is 5.84. The third kappa shape index (κ3) is 3.73. The summed E-state index contributed by atoms with van der Waals surface area (Å²) < 4.78 is 5.30. The fourth-order valence-corrected chi connectivity index (χ4v) is 2.95. The van der Waals surface area contributed by atoms with Gasteiger partial charge in [0.2, 0.25) is 5.91 Å². The van der Waals surface area contributed by atoms with Crippen molar-refractivity contribution >= 4 is 17.5 Å². The van der Waals surface area contributed by atoms with Gasteiger partial charge in [-0.1, -0.05) is 11.6 Å². The predicted molar refractivity (Wildman–Crippen MR) is 80.0 cm³/mol. The lowest BCUT2D eigenvalue weighted by molar-refractivity contribution is -0.137. The molecule has 0 unspecified atom stereocenters. The first-order valence-corrected chi connectivity index (χ1v) is 7.79. The van der Waals surface area contributed by atoms with Crippen LogP contribution in [0.4, 0.5) is 0 Å². The second-order valence-corrected chi connectivity index (χ2v) is 6.07. The maximum atomic E-state index is 12.3. The lowest BCUT2D eigenvalue weighted by Crippen LogP contribution is -2.50. The van der Waals surface area contributed by atoms with Crippen LogP contribution in [0.5, 0.6) is 0 Å². The number of piperazine rings is 1. The quantitative estimate of drug-likeness (QED) is 0.847. The smallest absolute Gasteiger partial charge is 0.228 e. The normalized spacial score (nSPS) is 23.5. The summed E-state index contributed by atoms with van der Waals surface area (Å²) in [7, 11) is 0. The van der Waals surface area contributed by atoms with Crippen LogP contribution in [0.25, 0.3) is 0 Å². The van der Waals surface area contributed by atoms with Gasteiger partial charge in [-0.25, -0.2) is 0 Å². The average Bonchev–Trinajstić information content (AvgIpc) is 3.04. The van der Waals surface area contributed by atoms with Crippen molar-refractivity contribution in [1.29, 1.82) is 0 Å². The van der Waals surface area contributed by atoms with E-state index in [1.165, 1.54) is 0 Å². The largest absolute Gasteiger partial charge is 0.381 e. The zero-order valence-electron chi connectivity index (χ0n) is 12.0. The molecule has 0 saturated carbocycles. The molecule has 1 aromatic rings. The van der Waals surface area contributed by atoms with Gasteiger partial charge in [-0.3, -0.25) is 14.7 Å². The molecule has 3 rings (SSSR count). The molecule has 0 aliphatic carbocycles. The minimum absolute atomic E-state index is 0.0782. The number of hydrogen-bond donors (Lipinski definition) is 0. The van der Waals surface area contributed by atoms with Crippen LogP contribution in [0, 0.1) is 5.92 Å². The maximum Gasteiger partial charge on any atom is 0.228 e. The summed E-state index contributed by atoms with van der Waals surface area (Å²) in [6.45, 7) is 5.50. The molecule has 2 aliphatic heterocycles. The summed E-state index contributed by atoms with van der Waals surface area (Å²) in [5, 5.41) is 0.660. The van der Waals surface area contributed by atoms with Gasteiger partial charge in [-0.15, -0.1) is 0 Å². The van der Waals surface area contributed by atoms with Crippen molar-refractivity contribution in [3.8, 4) is 0 Å². The minimum Gasteiger partial charge on any atom is -0.381 e. The van der Waals surface area contributed by atoms with E-state index in [-0.39, 0.29) is 11.8 Å². The Hall–Kier alpha value is -1.17. The number of carbonyl (C=O) groups is 1. The molecule has 0 N–H and O–H groups in total. The highest BCUT2D eigenvalue weighted by Gasteiger charge is 2.30. The molecule has 0 aromatic carbocycles. The zero-order chi connectivity index (χ0) is 14.7. The second-order valence-electron chi connectivity index (χ2n) is 5.63. The van der Waals surface area contributed by atoms with Gasteiger partial charge in [0.1, 0.15) is 0 Å². The number of aromatic nitrogens is 1. The van der Waals surface area contributed by atoms with Gasteiger partial charge in [-0.2, -0.15) is 0 Å². The Bertz CT molecular complexity index is 480. The number of carbonyl (C=O) groups excluding carboxylic acids is 1. The summed E-state index contributed by atoms with van der Waals surface area (Å²) in [6, 6.07) is 3.82. The molecule has 114 valence electrons. The van der Waals surface area contributed by atoms with Crippen molar-refractivity contribution in [2.75, 3.05) is 39.4 Å². The fourth-order valence-electron chi connectivity index (χ4n) is 2.84. The molecule has 6 heteroatoms. The van der Waals surface area contributed by atoms with Crippen LogP contribution in [0.2, 0.25) is 5.02 Å². The van der Waals surface area contributed by atoms with Crippen molar-refractivity contribution in [3.05, 3.63) is 29.0 Å². The van der Waals surface area contributed by atoms with Gasteiger partial charge in [0.15, 0.2) is 0 Å². The minimum atomic E-state index is 0.0782. The first-order chi connectivity index (χ1) is 10.2. The molecule has 1 aromatic heterocycles. The van der Waals surface area contributed by atoms with Crippen molar-refractivity contribution in [2.45, 2.75) is 13.0 Å². The number of halogens is 1. The highest BCUT2D eigenvalue weighted by molar-refractivity contribution is 6.30. The first-order valence-electron chi connectivity index (χ1n) is 7.42. The van der Waals surface area contributed by atoms with Crippen LogP contribution in [0.1, 0.15) is 12.1 Å². The summed E-state index contributed by atoms with van der Waals surface area (Å²) in [5.74, 6) is 0.339. The summed E-state index contributed by atoms with van der Waals surface area (Å²) in [4.78, 5) is 20.9. The maximum absolute atomic E-state index is 12.3. The summed E-state index contributed by atoms with van der Waals surface area (Å²) in [6.07, 6.45) is 2.55. The standard InChI is InChI=1S/C15H20ClN3O2/c16-13-1-2-14(17-9-13)10-18-4-6-19(7-5-18)15(20)12-3-8-21-11-12/h1-2,9,12H,3-8,10-11H2/t12-/m0/s1. The Morgan fingerprint density at radius 3 is 2.76 bits per heavy atom. The number of rotatable bonds is 3. The third-order valence-electron chi connectivity index (χ3n) is 4.14. The van der Waals surface area contributed by atoms with E-state index in [0.29, 0.717) is 11.6 Å². The van der Waals surface area contributed by atoms with Crippen LogP contribution in [-0.2, 0) is 16.1 Å². The van der Waals surface area contributed by atoms with Crippen molar-refractivity contribution in [1.82, 2.24) is 14.8 Å². The average molecular weight is 310 g/mol. The number of pyridine rings is 1. The molecule has 0 spiro atoms. The van der Waals surface area contributed by atoms with Crippen LogP contribution in [0.3, 0.4) is 0 Å². The zero-order valence-corrected chi connectivity index (χ0v) is 12.8. The van der Waals surface area contributed by atoms with Crippen LogP contribution in [-0.4, -0.2) is 60.1 Å². The van der Waals surface area contributed by atoms with E-state index in [0.717, 1.165) is 51.4 Å². The van der Waals surface area contributed by atoms with Crippen molar-refractivity contribution in [3.63, 3.8) is 0 Å². The molecule has 3 heterocycles. The van der Waals surface area contributed by atoms with E-state index >= 15 is 0 Å². The molecule has 21 heavy (non-hydrogen) atoms. The number of amides is 1. The van der Waals surface area contributed by atoms with Gasteiger partial charge in [0, 0.05) is 45.5 Å². The molecule has 2 aliphatic rings. The third-order valence-corrected chi connectivity index (χ3v) is 4.36. The lowest BCUT2D eigenvalue weighted by atomic mass is 10.1. The lowest BCUT2D eigenvalue weighted by Gasteiger charge is -2.35. The molecular weight excluding hydrogens is 290 g/mol. The monoisotopic (exact) mass is 309 g/mol. The Morgan fingerprint density at radius 2 is 2.14 bits per heavy atom. The molecule has 2 saturated heterocycles. The van der Waals surface area contributed by atoms with E-state index in [2.05, 4.69) is 9.88 Å². The Labute approximate surface area is 129 Å². The topological polar surface area (TPSA) is 45.7 Å². The first kappa shape index (κ1) is 14.8. The van der Waals surface area contributed by atoms with Gasteiger partial charge >= 0.3 is 0 Å². The number of nitrogens with zero attached hydrogens (tertiary/aromatic N) is 3. The summed E-state index contributed by atoms with van der Waals surface area (Å²) in [5.41, 5.74) is 1.02. The highest BCUT2D eigenvalue weighted by atomic mass is 35.5. The van der Waals surface area contributed by atoms with Crippen LogP contribution >= 0.6 is 11.6 Å². The second kappa shape index (κ2) is 6.73. The van der Waals surface area contributed by atoms with E-state index in [1.807, 2.05) is 17.0 Å². The molecule has 1 atom stereocenters. The predicted octanol–water partition coefficient (Wildman–Crippen LogP) is 1.42. The van der Waals surface area contributed by atoms with Crippen molar-refractivity contribution in [2.24, 2.45) is 5.92 Å². The molecule has 2 fully saturated rings. The molecule has 5 nitrogen and oxygen atoms in total. The van der Waals surface area contributed by atoms with E-state index in [1.54, 1.807) is 6.20 Å². The molecular formula is C15H20ClN3O2. The SMILES string of the molecule is O=C([C@H]1CCOC1)N1CCN(Cc2ccc(Cl)cn2)CC1. The van der Waals surface area contributed by atoms with E-state index < -0.39 is 0 Å². The molecule has 0 radical (unpaired) electrons. The number of hydrogen-bond acceptors (Lipinski definition) is 4. The Balaban J connectivity index is 1.48. The van der Waals surface area contributed by atoms with E-state index in [4.69, 9.17) is 16.3 Å². The highest BCUT2D eigenvalue weighted by Crippen LogP contribution is 2.17. The Morgan fingerprint density at radius 1 is 1.33 bits per heavy atom. The van der Waals surface area contributed by atoms with Gasteiger partial charge in [0.25, 0.3) is 0 Å². The number of ether oxygens (including phenoxy) is 1. The van der Waals surface area contributed by atoms with Crippen molar-refractivity contribution < 1.29 is 9.53 Å². The van der Waals surface area contributed by atoms with Gasteiger partial charge in [-0.05, 0) is 18.6 Å².